The van der Waals surface area contributed by atoms with Gasteiger partial charge in [-0.1, -0.05) is 18.3 Å². The number of nitrogens with one attached hydrogen (secondary N) is 2. The van der Waals surface area contributed by atoms with Crippen LogP contribution in [-0.4, -0.2) is 44.3 Å². The molecule has 19 heavy (non-hydrogen) atoms. The number of aromatic nitrogens is 1. The molecule has 1 atom stereocenters. The van der Waals surface area contributed by atoms with E-state index in [1.165, 1.54) is 21.0 Å². The maximum absolute atomic E-state index is 12.3. The largest absolute Gasteiger partial charge is 0.359 e. The number of nitrogens with zero attached hydrogens (tertiary/aromatic N) is 1. The molecule has 0 spiro atoms. The molecule has 0 fully saturated rings. The quantitative estimate of drug-likeness (QED) is 0.783. The average Bonchev–Trinajstić information content (AvgIpc) is 2.67. The molecule has 0 bridgehead atoms. The lowest BCUT2D eigenvalue weighted by atomic mass is 10.2. The lowest BCUT2D eigenvalue weighted by molar-refractivity contribution is -0.124. The molecule has 0 aliphatic carbocycles. The summed E-state index contributed by atoms with van der Waals surface area (Å²) in [6.07, 6.45) is 0. The fourth-order valence-electron chi connectivity index (χ4n) is 1.59. The van der Waals surface area contributed by atoms with Crippen LogP contribution in [0, 0.1) is 12.8 Å². The Balaban J connectivity index is 2.98. The number of hydrogen-bond acceptors (Lipinski definition) is 5. The lowest BCUT2D eigenvalue weighted by Gasteiger charge is -2.19. The summed E-state index contributed by atoms with van der Waals surface area (Å²) in [6, 6.07) is 0. The molecule has 1 rings (SSSR count). The van der Waals surface area contributed by atoms with Crippen molar-refractivity contribution in [3.63, 3.8) is 0 Å². The van der Waals surface area contributed by atoms with E-state index >= 15 is 0 Å². The number of thiazole rings is 1. The van der Waals surface area contributed by atoms with Crippen LogP contribution in [0.4, 0.5) is 0 Å². The van der Waals surface area contributed by atoms with E-state index in [9.17, 15) is 18.0 Å². The maximum Gasteiger partial charge on any atom is 0.305 e. The molecule has 7 nitrogen and oxygen atoms in total. The summed E-state index contributed by atoms with van der Waals surface area (Å²) in [6.45, 7) is 3.21. The van der Waals surface area contributed by atoms with Crippen LogP contribution in [-0.2, 0) is 14.8 Å². The van der Waals surface area contributed by atoms with E-state index < -0.39 is 20.8 Å². The van der Waals surface area contributed by atoms with Crippen molar-refractivity contribution in [3.05, 3.63) is 15.4 Å². The molecule has 1 amide bonds. The predicted octanol–water partition coefficient (Wildman–Crippen LogP) is -0.253. The zero-order chi connectivity index (χ0) is 14.8. The van der Waals surface area contributed by atoms with E-state index in [1.54, 1.807) is 6.92 Å². The first kappa shape index (κ1) is 15.9. The highest BCUT2D eigenvalue weighted by molar-refractivity contribution is 7.91. The van der Waals surface area contributed by atoms with E-state index in [4.69, 9.17) is 0 Å². The molecule has 108 valence electrons. The number of carbonyl (C=O) groups excluding carboxylic acids is 1. The Hall–Kier alpha value is -1.19. The number of hydrogen-bond donors (Lipinski definition) is 2. The van der Waals surface area contributed by atoms with Crippen LogP contribution in [0.25, 0.3) is 0 Å². The fraction of sp³-hybridized carbons (Fsp3) is 0.600. The van der Waals surface area contributed by atoms with Gasteiger partial charge < -0.3 is 10.3 Å². The second-order valence-electron chi connectivity index (χ2n) is 4.23. The standard InChI is InChI=1S/C10H17N3O4S2/c1-6(8(14)11-3)5-13(4)19(16,17)9-7(2)12-10(15)18-9/h6H,5H2,1-4H3,(H,11,14)(H,12,15). The predicted molar refractivity (Wildman–Crippen MR) is 72.7 cm³/mol. The van der Waals surface area contributed by atoms with E-state index in [0.717, 1.165) is 4.31 Å². The van der Waals surface area contributed by atoms with Gasteiger partial charge in [0.2, 0.25) is 5.91 Å². The van der Waals surface area contributed by atoms with Gasteiger partial charge in [-0.3, -0.25) is 9.59 Å². The van der Waals surface area contributed by atoms with Crippen molar-refractivity contribution in [2.75, 3.05) is 20.6 Å². The molecule has 0 radical (unpaired) electrons. The van der Waals surface area contributed by atoms with Gasteiger partial charge in [-0.05, 0) is 6.92 Å². The zero-order valence-electron chi connectivity index (χ0n) is 11.2. The number of sulfonamides is 1. The Labute approximate surface area is 115 Å². The summed E-state index contributed by atoms with van der Waals surface area (Å²) in [7, 11) is -0.862. The molecule has 2 N–H and O–H groups in total. The van der Waals surface area contributed by atoms with Crippen LogP contribution >= 0.6 is 11.3 Å². The van der Waals surface area contributed by atoms with Crippen molar-refractivity contribution >= 4 is 27.3 Å². The Morgan fingerprint density at radius 1 is 1.53 bits per heavy atom. The highest BCUT2D eigenvalue weighted by atomic mass is 32.2. The number of aryl methyl sites for hydroxylation is 1. The molecule has 0 saturated heterocycles. The normalized spacial score (nSPS) is 13.5. The highest BCUT2D eigenvalue weighted by Crippen LogP contribution is 2.20. The van der Waals surface area contributed by atoms with Gasteiger partial charge in [-0.2, -0.15) is 4.31 Å². The Bertz CT molecular complexity index is 617. The van der Waals surface area contributed by atoms with Crippen LogP contribution in [0.1, 0.15) is 12.6 Å². The first-order valence-electron chi connectivity index (χ1n) is 5.57. The van der Waals surface area contributed by atoms with Crippen LogP contribution in [0.3, 0.4) is 0 Å². The van der Waals surface area contributed by atoms with Gasteiger partial charge in [0.15, 0.2) is 4.21 Å². The Kier molecular flexibility index (Phi) is 4.88. The van der Waals surface area contributed by atoms with Crippen molar-refractivity contribution in [1.82, 2.24) is 14.6 Å². The van der Waals surface area contributed by atoms with E-state index in [1.807, 2.05) is 0 Å². The smallest absolute Gasteiger partial charge is 0.305 e. The fourth-order valence-corrected chi connectivity index (χ4v) is 4.34. The van der Waals surface area contributed by atoms with Gasteiger partial charge in [-0.25, -0.2) is 8.42 Å². The van der Waals surface area contributed by atoms with Crippen molar-refractivity contribution in [2.45, 2.75) is 18.1 Å². The third-order valence-electron chi connectivity index (χ3n) is 2.65. The molecule has 1 aromatic heterocycles. The third kappa shape index (κ3) is 3.43. The second kappa shape index (κ2) is 5.85. The molecule has 1 aromatic rings. The Morgan fingerprint density at radius 3 is 2.53 bits per heavy atom. The average molecular weight is 307 g/mol. The minimum Gasteiger partial charge on any atom is -0.359 e. The molecular weight excluding hydrogens is 290 g/mol. The van der Waals surface area contributed by atoms with Crippen LogP contribution in [0.15, 0.2) is 9.00 Å². The summed E-state index contributed by atoms with van der Waals surface area (Å²) in [5, 5.41) is 2.46. The SMILES string of the molecule is CNC(=O)C(C)CN(C)S(=O)(=O)c1sc(=O)[nH]c1C. The number of H-pyrrole nitrogens is 1. The van der Waals surface area contributed by atoms with Gasteiger partial charge in [0, 0.05) is 32.3 Å². The summed E-state index contributed by atoms with van der Waals surface area (Å²) >= 11 is 0.650. The third-order valence-corrected chi connectivity index (χ3v) is 6.06. The molecule has 0 saturated carbocycles. The summed E-state index contributed by atoms with van der Waals surface area (Å²) in [5.74, 6) is -0.707. The minimum atomic E-state index is -3.75. The Morgan fingerprint density at radius 2 is 2.11 bits per heavy atom. The second-order valence-corrected chi connectivity index (χ2v) is 7.45. The number of amides is 1. The summed E-state index contributed by atoms with van der Waals surface area (Å²) in [5.41, 5.74) is 0.314. The molecule has 0 aliphatic rings. The zero-order valence-corrected chi connectivity index (χ0v) is 12.8. The van der Waals surface area contributed by atoms with Crippen LogP contribution in [0.5, 0.6) is 0 Å². The molecule has 1 heterocycles. The van der Waals surface area contributed by atoms with Gasteiger partial charge >= 0.3 is 4.87 Å². The highest BCUT2D eigenvalue weighted by Gasteiger charge is 2.28. The van der Waals surface area contributed by atoms with Crippen molar-refractivity contribution < 1.29 is 13.2 Å². The van der Waals surface area contributed by atoms with Crippen molar-refractivity contribution in [3.8, 4) is 0 Å². The summed E-state index contributed by atoms with van der Waals surface area (Å²) in [4.78, 5) is 24.6. The van der Waals surface area contributed by atoms with Crippen molar-refractivity contribution in [2.24, 2.45) is 5.92 Å². The van der Waals surface area contributed by atoms with E-state index in [-0.39, 0.29) is 16.7 Å². The van der Waals surface area contributed by atoms with Crippen LogP contribution in [0.2, 0.25) is 0 Å². The summed E-state index contributed by atoms with van der Waals surface area (Å²) < 4.78 is 25.6. The van der Waals surface area contributed by atoms with Crippen molar-refractivity contribution in [1.29, 1.82) is 0 Å². The molecule has 0 aromatic carbocycles. The molecule has 1 unspecified atom stereocenters. The first-order valence-corrected chi connectivity index (χ1v) is 7.83. The van der Waals surface area contributed by atoms with E-state index in [2.05, 4.69) is 10.3 Å². The number of carbonyl (C=O) groups is 1. The lowest BCUT2D eigenvalue weighted by Crippen LogP contribution is -2.37. The monoisotopic (exact) mass is 307 g/mol. The molecule has 0 aliphatic heterocycles. The van der Waals surface area contributed by atoms with Gasteiger partial charge in [0.1, 0.15) is 0 Å². The molecular formula is C10H17N3O4S2. The number of aromatic amines is 1. The van der Waals surface area contributed by atoms with Crippen LogP contribution < -0.4 is 10.2 Å². The van der Waals surface area contributed by atoms with Gasteiger partial charge in [0.25, 0.3) is 10.0 Å². The number of rotatable bonds is 5. The topological polar surface area (TPSA) is 99.3 Å². The van der Waals surface area contributed by atoms with Gasteiger partial charge in [0.05, 0.1) is 0 Å². The van der Waals surface area contributed by atoms with E-state index in [0.29, 0.717) is 17.0 Å². The maximum atomic E-state index is 12.3. The minimum absolute atomic E-state index is 0.0101. The molecule has 9 heteroatoms. The van der Waals surface area contributed by atoms with Gasteiger partial charge in [-0.15, -0.1) is 0 Å². The first-order chi connectivity index (χ1) is 8.70.